The number of piperidine rings is 1. The highest BCUT2D eigenvalue weighted by Crippen LogP contribution is 2.28. The van der Waals surface area contributed by atoms with Crippen molar-refractivity contribution in [3.63, 3.8) is 0 Å². The monoisotopic (exact) mass is 533 g/mol. The van der Waals surface area contributed by atoms with Crippen molar-refractivity contribution in [3.05, 3.63) is 78.3 Å². The molecule has 1 aliphatic rings. The van der Waals surface area contributed by atoms with Crippen LogP contribution in [0.25, 0.3) is 11.1 Å². The second-order valence-electron chi connectivity index (χ2n) is 9.29. The molecule has 10 heteroatoms. The molecule has 1 aromatic heterocycles. The highest BCUT2D eigenvalue weighted by molar-refractivity contribution is 5.97. The van der Waals surface area contributed by atoms with E-state index < -0.39 is 12.0 Å². The molecule has 0 bridgehead atoms. The fraction of sp³-hybridized carbons (Fsp3) is 0.345. The molecule has 4 rings (SSSR count). The van der Waals surface area contributed by atoms with Gasteiger partial charge in [-0.1, -0.05) is 48.5 Å². The number of hydrogen-bond acceptors (Lipinski definition) is 8. The lowest BCUT2D eigenvalue weighted by atomic mass is 10.0. The van der Waals surface area contributed by atoms with Crippen LogP contribution in [-0.2, 0) is 4.74 Å². The molecule has 0 spiro atoms. The highest BCUT2D eigenvalue weighted by Gasteiger charge is 2.23. The van der Waals surface area contributed by atoms with Gasteiger partial charge in [0.15, 0.2) is 11.5 Å². The van der Waals surface area contributed by atoms with Crippen LogP contribution in [0.2, 0.25) is 0 Å². The van der Waals surface area contributed by atoms with Crippen LogP contribution in [0.4, 0.5) is 10.5 Å². The standard InChI is InChI=1S/C29H35N5O5/c30-14-15-32-28(36)27-11-10-26(39-27)25(35)20-31-16-19-34-17-12-22(13-18-34)38-29(37)33-24-9-5-4-8-23(24)21-6-2-1-3-7-21/h1-11,22,31H,12-20,30H2,(H,32,36)(H,33,37). The SMILES string of the molecule is NCCNC(=O)c1ccc(C(=O)CNCCN2CCC(OC(=O)Nc3ccccc3-c3ccccc3)CC2)o1. The molecule has 5 N–H and O–H groups in total. The maximum atomic E-state index is 12.6. The first-order valence-electron chi connectivity index (χ1n) is 13.2. The number of ether oxygens (including phenoxy) is 1. The Morgan fingerprint density at radius 3 is 2.41 bits per heavy atom. The van der Waals surface area contributed by atoms with Gasteiger partial charge < -0.3 is 30.4 Å². The molecule has 2 amide bonds. The van der Waals surface area contributed by atoms with Gasteiger partial charge in [-0.25, -0.2) is 4.79 Å². The Kier molecular flexibility index (Phi) is 10.2. The van der Waals surface area contributed by atoms with E-state index >= 15 is 0 Å². The summed E-state index contributed by atoms with van der Waals surface area (Å²) in [7, 11) is 0. The van der Waals surface area contributed by atoms with Gasteiger partial charge in [-0.05, 0) is 36.6 Å². The van der Waals surface area contributed by atoms with E-state index in [2.05, 4.69) is 20.9 Å². The number of amides is 2. The van der Waals surface area contributed by atoms with Crippen molar-refractivity contribution >= 4 is 23.5 Å². The van der Waals surface area contributed by atoms with Crippen molar-refractivity contribution in [1.29, 1.82) is 0 Å². The van der Waals surface area contributed by atoms with Gasteiger partial charge in [0, 0.05) is 44.8 Å². The lowest BCUT2D eigenvalue weighted by molar-refractivity contribution is 0.0593. The van der Waals surface area contributed by atoms with Crippen molar-refractivity contribution < 1.29 is 23.5 Å². The van der Waals surface area contributed by atoms with Crippen LogP contribution in [0.15, 0.2) is 71.1 Å². The van der Waals surface area contributed by atoms with E-state index in [9.17, 15) is 14.4 Å². The van der Waals surface area contributed by atoms with Crippen LogP contribution in [0, 0.1) is 0 Å². The molecule has 1 aliphatic heterocycles. The Labute approximate surface area is 227 Å². The van der Waals surface area contributed by atoms with E-state index in [1.165, 1.54) is 12.1 Å². The number of nitrogens with two attached hydrogens (primary N) is 1. The largest absolute Gasteiger partial charge is 0.448 e. The smallest absolute Gasteiger partial charge is 0.411 e. The van der Waals surface area contributed by atoms with Gasteiger partial charge in [0.2, 0.25) is 5.78 Å². The number of likely N-dealkylation sites (tertiary alicyclic amines) is 1. The number of nitrogens with one attached hydrogen (secondary N) is 3. The number of carbonyl (C=O) groups excluding carboxylic acids is 3. The molecule has 10 nitrogen and oxygen atoms in total. The van der Waals surface area contributed by atoms with Crippen LogP contribution in [-0.4, -0.2) is 74.6 Å². The number of benzene rings is 2. The van der Waals surface area contributed by atoms with Crippen LogP contribution < -0.4 is 21.7 Å². The Morgan fingerprint density at radius 1 is 0.923 bits per heavy atom. The quantitative estimate of drug-likeness (QED) is 0.206. The minimum atomic E-state index is -0.449. The highest BCUT2D eigenvalue weighted by atomic mass is 16.6. The summed E-state index contributed by atoms with van der Waals surface area (Å²) >= 11 is 0. The fourth-order valence-corrected chi connectivity index (χ4v) is 4.41. The normalized spacial score (nSPS) is 14.1. The van der Waals surface area contributed by atoms with Gasteiger partial charge in [-0.2, -0.15) is 0 Å². The average molecular weight is 534 g/mol. The average Bonchev–Trinajstić information content (AvgIpc) is 3.46. The second kappa shape index (κ2) is 14.2. The minimum absolute atomic E-state index is 0.0889. The van der Waals surface area contributed by atoms with Gasteiger partial charge in [0.25, 0.3) is 5.91 Å². The number of anilines is 1. The molecule has 2 aromatic carbocycles. The van der Waals surface area contributed by atoms with Crippen molar-refractivity contribution in [1.82, 2.24) is 15.5 Å². The van der Waals surface area contributed by atoms with E-state index in [4.69, 9.17) is 14.9 Å². The van der Waals surface area contributed by atoms with Gasteiger partial charge in [-0.15, -0.1) is 0 Å². The molecule has 206 valence electrons. The number of furan rings is 1. The number of hydrogen-bond donors (Lipinski definition) is 4. The third kappa shape index (κ3) is 8.25. The molecule has 39 heavy (non-hydrogen) atoms. The lowest BCUT2D eigenvalue weighted by Crippen LogP contribution is -2.42. The fourth-order valence-electron chi connectivity index (χ4n) is 4.41. The topological polar surface area (TPSA) is 139 Å². The first kappa shape index (κ1) is 28.0. The van der Waals surface area contributed by atoms with Crippen molar-refractivity contribution in [2.24, 2.45) is 5.73 Å². The van der Waals surface area contributed by atoms with Crippen molar-refractivity contribution in [2.45, 2.75) is 18.9 Å². The molecule has 0 atom stereocenters. The number of rotatable bonds is 12. The first-order chi connectivity index (χ1) is 19.0. The van der Waals surface area contributed by atoms with E-state index in [1.54, 1.807) is 0 Å². The maximum absolute atomic E-state index is 12.6. The third-order valence-electron chi connectivity index (χ3n) is 6.48. The van der Waals surface area contributed by atoms with Crippen LogP contribution in [0.1, 0.15) is 34.0 Å². The number of ketones is 1. The third-order valence-corrected chi connectivity index (χ3v) is 6.48. The van der Waals surface area contributed by atoms with Gasteiger partial charge in [0.05, 0.1) is 12.2 Å². The summed E-state index contributed by atoms with van der Waals surface area (Å²) in [6.07, 6.45) is 0.895. The summed E-state index contributed by atoms with van der Waals surface area (Å²) in [6, 6.07) is 20.6. The minimum Gasteiger partial charge on any atom is -0.448 e. The van der Waals surface area contributed by atoms with Gasteiger partial charge in [0.1, 0.15) is 6.10 Å². The lowest BCUT2D eigenvalue weighted by Gasteiger charge is -2.31. The predicted octanol–water partition coefficient (Wildman–Crippen LogP) is 3.12. The van der Waals surface area contributed by atoms with Crippen LogP contribution in [0.5, 0.6) is 0 Å². The zero-order valence-electron chi connectivity index (χ0n) is 21.9. The number of nitrogens with zero attached hydrogens (tertiary/aromatic N) is 1. The Morgan fingerprint density at radius 2 is 1.64 bits per heavy atom. The summed E-state index contributed by atoms with van der Waals surface area (Å²) in [5.74, 6) is -0.386. The Balaban J connectivity index is 1.13. The van der Waals surface area contributed by atoms with Gasteiger partial charge in [-0.3, -0.25) is 14.9 Å². The van der Waals surface area contributed by atoms with Crippen molar-refractivity contribution in [2.75, 3.05) is 51.1 Å². The molecule has 3 aromatic rings. The van der Waals surface area contributed by atoms with E-state index in [-0.39, 0.29) is 30.0 Å². The molecule has 0 saturated carbocycles. The zero-order valence-corrected chi connectivity index (χ0v) is 21.9. The zero-order chi connectivity index (χ0) is 27.5. The summed E-state index contributed by atoms with van der Waals surface area (Å²) < 4.78 is 11.1. The molecule has 0 aliphatic carbocycles. The van der Waals surface area contributed by atoms with E-state index in [1.807, 2.05) is 54.6 Å². The molecular weight excluding hydrogens is 498 g/mol. The van der Waals surface area contributed by atoms with E-state index in [0.717, 1.165) is 43.6 Å². The van der Waals surface area contributed by atoms with Crippen LogP contribution in [0.3, 0.4) is 0 Å². The number of para-hydroxylation sites is 1. The molecular formula is C29H35N5O5. The summed E-state index contributed by atoms with van der Waals surface area (Å²) in [6.45, 7) is 3.76. The number of Topliss-reactive ketones (excluding diaryl/α,β-unsaturated/α-hetero) is 1. The van der Waals surface area contributed by atoms with E-state index in [0.29, 0.717) is 25.3 Å². The Bertz CT molecular complexity index is 1240. The number of carbonyl (C=O) groups is 3. The molecule has 2 heterocycles. The molecule has 0 radical (unpaired) electrons. The summed E-state index contributed by atoms with van der Waals surface area (Å²) in [5.41, 5.74) is 8.05. The molecule has 1 saturated heterocycles. The summed E-state index contributed by atoms with van der Waals surface area (Å²) in [4.78, 5) is 39.1. The predicted molar refractivity (Wildman–Crippen MR) is 149 cm³/mol. The van der Waals surface area contributed by atoms with Gasteiger partial charge >= 0.3 is 6.09 Å². The molecule has 0 unspecified atom stereocenters. The maximum Gasteiger partial charge on any atom is 0.411 e. The second-order valence-corrected chi connectivity index (χ2v) is 9.29. The first-order valence-corrected chi connectivity index (χ1v) is 13.2. The Hall–Kier alpha value is -3.99. The summed E-state index contributed by atoms with van der Waals surface area (Å²) in [5, 5.41) is 8.63. The van der Waals surface area contributed by atoms with Crippen molar-refractivity contribution in [3.8, 4) is 11.1 Å². The van der Waals surface area contributed by atoms with Crippen LogP contribution >= 0.6 is 0 Å². The molecule has 1 fully saturated rings.